The number of alkyl halides is 1. The molecule has 1 atom stereocenters. The van der Waals surface area contributed by atoms with Crippen LogP contribution in [0.3, 0.4) is 0 Å². The Morgan fingerprint density at radius 1 is 1.78 bits per heavy atom. The first-order valence-electron chi connectivity index (χ1n) is 3.01. The van der Waals surface area contributed by atoms with Gasteiger partial charge in [0.05, 0.1) is 12.6 Å². The first-order valence-corrected chi connectivity index (χ1v) is 3.01. The van der Waals surface area contributed by atoms with Gasteiger partial charge in [0.2, 0.25) is 0 Å². The predicted molar refractivity (Wildman–Crippen MR) is 32.0 cm³/mol. The van der Waals surface area contributed by atoms with Gasteiger partial charge in [-0.25, -0.2) is 0 Å². The van der Waals surface area contributed by atoms with Gasteiger partial charge in [-0.3, -0.25) is 9.18 Å². The summed E-state index contributed by atoms with van der Waals surface area (Å²) in [4.78, 5) is 10.2. The molecule has 0 heterocycles. The summed E-state index contributed by atoms with van der Waals surface area (Å²) in [5.74, 6) is -1.38. The van der Waals surface area contributed by atoms with Crippen molar-refractivity contribution in [2.75, 3.05) is 6.67 Å². The lowest BCUT2D eigenvalue weighted by atomic mass is 10.0. The zero-order chi connectivity index (χ0) is 7.28. The van der Waals surface area contributed by atoms with Gasteiger partial charge in [0, 0.05) is 0 Å². The number of hydrogen-bond acceptors (Lipinski definition) is 1. The zero-order valence-electron chi connectivity index (χ0n) is 5.43. The van der Waals surface area contributed by atoms with E-state index in [0.717, 1.165) is 0 Å². The summed E-state index contributed by atoms with van der Waals surface area (Å²) in [7, 11) is 0. The number of aliphatic carboxylic acids is 1. The molecule has 0 aliphatic rings. The van der Waals surface area contributed by atoms with Crippen molar-refractivity contribution in [1.29, 1.82) is 0 Å². The maximum atomic E-state index is 11.5. The van der Waals surface area contributed by atoms with Crippen molar-refractivity contribution in [3.8, 4) is 0 Å². The molecule has 1 N–H and O–H groups in total. The van der Waals surface area contributed by atoms with Crippen LogP contribution in [0.1, 0.15) is 19.8 Å². The number of halogens is 1. The molecule has 1 unspecified atom stereocenters. The third-order valence-electron chi connectivity index (χ3n) is 1.30. The predicted octanol–water partition coefficient (Wildman–Crippen LogP) is 1.46. The summed E-state index contributed by atoms with van der Waals surface area (Å²) >= 11 is 0. The van der Waals surface area contributed by atoms with Gasteiger partial charge in [0.25, 0.3) is 0 Å². The Kier molecular flexibility index (Phi) is 4.01. The minimum atomic E-state index is -0.893. The molecule has 54 valence electrons. The van der Waals surface area contributed by atoms with Crippen LogP contribution in [0.2, 0.25) is 0 Å². The lowest BCUT2D eigenvalue weighted by molar-refractivity contribution is -0.142. The standard InChI is InChI=1S/C6H11FO2/c1-2-5(3-4-7)6(8)9/h5H,2-4H2,1H3,(H,8,9). The van der Waals surface area contributed by atoms with Crippen molar-refractivity contribution in [3.05, 3.63) is 0 Å². The molecule has 0 fully saturated rings. The van der Waals surface area contributed by atoms with E-state index >= 15 is 0 Å². The van der Waals surface area contributed by atoms with Gasteiger partial charge in [-0.15, -0.1) is 0 Å². The van der Waals surface area contributed by atoms with Gasteiger partial charge in [0.1, 0.15) is 0 Å². The summed E-state index contributed by atoms with van der Waals surface area (Å²) in [6, 6.07) is 0. The number of rotatable bonds is 4. The Labute approximate surface area is 53.7 Å². The van der Waals surface area contributed by atoms with Crippen molar-refractivity contribution < 1.29 is 14.3 Å². The Morgan fingerprint density at radius 3 is 2.44 bits per heavy atom. The van der Waals surface area contributed by atoms with E-state index in [4.69, 9.17) is 5.11 Å². The van der Waals surface area contributed by atoms with Gasteiger partial charge in [-0.1, -0.05) is 6.92 Å². The second kappa shape index (κ2) is 4.30. The molecule has 0 rings (SSSR count). The van der Waals surface area contributed by atoms with Gasteiger partial charge in [0.15, 0.2) is 0 Å². The highest BCUT2D eigenvalue weighted by Crippen LogP contribution is 2.07. The largest absolute Gasteiger partial charge is 0.481 e. The van der Waals surface area contributed by atoms with E-state index in [0.29, 0.717) is 6.42 Å². The van der Waals surface area contributed by atoms with Crippen LogP contribution >= 0.6 is 0 Å². The highest BCUT2D eigenvalue weighted by atomic mass is 19.1. The lowest BCUT2D eigenvalue weighted by Gasteiger charge is -2.04. The molecule has 0 saturated heterocycles. The van der Waals surface area contributed by atoms with Crippen molar-refractivity contribution in [3.63, 3.8) is 0 Å². The summed E-state index contributed by atoms with van der Waals surface area (Å²) in [5.41, 5.74) is 0. The molecule has 9 heavy (non-hydrogen) atoms. The van der Waals surface area contributed by atoms with E-state index in [1.54, 1.807) is 6.92 Å². The Balaban J connectivity index is 3.54. The third kappa shape index (κ3) is 3.06. The summed E-state index contributed by atoms with van der Waals surface area (Å²) in [6.45, 7) is 1.21. The average Bonchev–Trinajstić information content (AvgIpc) is 1.82. The highest BCUT2D eigenvalue weighted by Gasteiger charge is 2.13. The molecule has 0 radical (unpaired) electrons. The van der Waals surface area contributed by atoms with Crippen molar-refractivity contribution in [2.45, 2.75) is 19.8 Å². The fourth-order valence-electron chi connectivity index (χ4n) is 0.634. The molecule has 0 amide bonds. The highest BCUT2D eigenvalue weighted by molar-refractivity contribution is 5.69. The topological polar surface area (TPSA) is 37.3 Å². The SMILES string of the molecule is CCC(CCF)C(=O)O. The molecule has 0 bridgehead atoms. The minimum Gasteiger partial charge on any atom is -0.481 e. The summed E-state index contributed by atoms with van der Waals surface area (Å²) < 4.78 is 11.5. The zero-order valence-corrected chi connectivity index (χ0v) is 5.43. The maximum absolute atomic E-state index is 11.5. The van der Waals surface area contributed by atoms with Crippen LogP contribution in [-0.4, -0.2) is 17.8 Å². The molecule has 0 saturated carbocycles. The Hall–Kier alpha value is -0.600. The van der Waals surface area contributed by atoms with Gasteiger partial charge >= 0.3 is 5.97 Å². The average molecular weight is 134 g/mol. The Morgan fingerprint density at radius 2 is 2.33 bits per heavy atom. The quantitative estimate of drug-likeness (QED) is 0.632. The van der Waals surface area contributed by atoms with Crippen LogP contribution in [0, 0.1) is 5.92 Å². The smallest absolute Gasteiger partial charge is 0.306 e. The van der Waals surface area contributed by atoms with E-state index in [1.165, 1.54) is 0 Å². The van der Waals surface area contributed by atoms with E-state index in [-0.39, 0.29) is 6.42 Å². The molecule has 2 nitrogen and oxygen atoms in total. The van der Waals surface area contributed by atoms with E-state index in [1.807, 2.05) is 0 Å². The van der Waals surface area contributed by atoms with Gasteiger partial charge < -0.3 is 5.11 Å². The normalized spacial score (nSPS) is 13.1. The number of carboxylic acids is 1. The lowest BCUT2D eigenvalue weighted by Crippen LogP contribution is -2.12. The van der Waals surface area contributed by atoms with E-state index < -0.39 is 18.6 Å². The molecule has 0 aliphatic carbocycles. The number of carbonyl (C=O) groups is 1. The third-order valence-corrected chi connectivity index (χ3v) is 1.30. The molecular formula is C6H11FO2. The maximum Gasteiger partial charge on any atom is 0.306 e. The van der Waals surface area contributed by atoms with Crippen LogP contribution in [0.25, 0.3) is 0 Å². The van der Waals surface area contributed by atoms with Crippen LogP contribution in [0.4, 0.5) is 4.39 Å². The molecule has 0 aliphatic heterocycles. The van der Waals surface area contributed by atoms with Gasteiger partial charge in [-0.2, -0.15) is 0 Å². The van der Waals surface area contributed by atoms with E-state index in [9.17, 15) is 9.18 Å². The Bertz CT molecular complexity index is 93.1. The molecule has 0 aromatic carbocycles. The monoisotopic (exact) mass is 134 g/mol. The number of hydrogen-bond donors (Lipinski definition) is 1. The minimum absolute atomic E-state index is 0.145. The summed E-state index contributed by atoms with van der Waals surface area (Å²) in [6.07, 6.45) is 0.658. The second-order valence-corrected chi connectivity index (χ2v) is 1.92. The molecule has 0 spiro atoms. The van der Waals surface area contributed by atoms with Crippen LogP contribution in [0.5, 0.6) is 0 Å². The van der Waals surface area contributed by atoms with E-state index in [2.05, 4.69) is 0 Å². The van der Waals surface area contributed by atoms with Crippen molar-refractivity contribution in [2.24, 2.45) is 5.92 Å². The van der Waals surface area contributed by atoms with Crippen LogP contribution < -0.4 is 0 Å². The summed E-state index contributed by atoms with van der Waals surface area (Å²) in [5, 5.41) is 8.34. The molecule has 3 heteroatoms. The fraction of sp³-hybridized carbons (Fsp3) is 0.833. The van der Waals surface area contributed by atoms with Gasteiger partial charge in [-0.05, 0) is 12.8 Å². The first kappa shape index (κ1) is 8.40. The van der Waals surface area contributed by atoms with Crippen molar-refractivity contribution >= 4 is 5.97 Å². The van der Waals surface area contributed by atoms with Crippen LogP contribution in [0.15, 0.2) is 0 Å². The molecule has 0 aromatic rings. The first-order chi connectivity index (χ1) is 4.22. The van der Waals surface area contributed by atoms with Crippen molar-refractivity contribution in [1.82, 2.24) is 0 Å². The molecular weight excluding hydrogens is 123 g/mol. The second-order valence-electron chi connectivity index (χ2n) is 1.92. The van der Waals surface area contributed by atoms with Crippen LogP contribution in [-0.2, 0) is 4.79 Å². The number of carboxylic acid groups (broad SMARTS) is 1. The fourth-order valence-corrected chi connectivity index (χ4v) is 0.634. The molecule has 0 aromatic heterocycles.